The van der Waals surface area contributed by atoms with Gasteiger partial charge in [0.1, 0.15) is 5.69 Å². The molecular formula is C9H13N5O3. The van der Waals surface area contributed by atoms with Crippen LogP contribution in [0.25, 0.3) is 0 Å². The van der Waals surface area contributed by atoms with Crippen molar-refractivity contribution in [3.8, 4) is 0 Å². The summed E-state index contributed by atoms with van der Waals surface area (Å²) in [5.74, 6) is 0.256. The van der Waals surface area contributed by atoms with Crippen LogP contribution >= 0.6 is 0 Å². The molecule has 0 aromatic carbocycles. The van der Waals surface area contributed by atoms with Gasteiger partial charge in [0.05, 0.1) is 11.5 Å². The SMILES string of the molecule is Cc1nn(C)c(N2CCNC(=O)C2)c1[N+](=O)[O-]. The highest BCUT2D eigenvalue weighted by Crippen LogP contribution is 2.30. The van der Waals surface area contributed by atoms with E-state index in [-0.39, 0.29) is 18.1 Å². The highest BCUT2D eigenvalue weighted by atomic mass is 16.6. The van der Waals surface area contributed by atoms with Crippen molar-refractivity contribution in [3.63, 3.8) is 0 Å². The van der Waals surface area contributed by atoms with Crippen LogP contribution in [0.4, 0.5) is 11.5 Å². The Morgan fingerprint density at radius 1 is 1.53 bits per heavy atom. The Balaban J connectivity index is 2.43. The van der Waals surface area contributed by atoms with Crippen LogP contribution in [0, 0.1) is 17.0 Å². The van der Waals surface area contributed by atoms with E-state index in [0.29, 0.717) is 24.6 Å². The quantitative estimate of drug-likeness (QED) is 0.558. The van der Waals surface area contributed by atoms with Gasteiger partial charge in [-0.15, -0.1) is 0 Å². The van der Waals surface area contributed by atoms with E-state index in [0.717, 1.165) is 0 Å². The zero-order valence-corrected chi connectivity index (χ0v) is 9.63. The number of piperazine rings is 1. The number of hydrogen-bond donors (Lipinski definition) is 1. The van der Waals surface area contributed by atoms with Gasteiger partial charge >= 0.3 is 5.69 Å². The summed E-state index contributed by atoms with van der Waals surface area (Å²) in [6.45, 7) is 2.75. The molecule has 0 radical (unpaired) electrons. The highest BCUT2D eigenvalue weighted by Gasteiger charge is 2.30. The molecule has 0 atom stereocenters. The zero-order valence-electron chi connectivity index (χ0n) is 9.63. The molecule has 2 rings (SSSR count). The van der Waals surface area contributed by atoms with Gasteiger partial charge in [0, 0.05) is 20.1 Å². The van der Waals surface area contributed by atoms with E-state index in [1.165, 1.54) is 4.68 Å². The minimum Gasteiger partial charge on any atom is -0.353 e. The van der Waals surface area contributed by atoms with Gasteiger partial charge in [-0.05, 0) is 6.92 Å². The molecule has 17 heavy (non-hydrogen) atoms. The van der Waals surface area contributed by atoms with Crippen molar-refractivity contribution in [2.45, 2.75) is 6.92 Å². The number of anilines is 1. The average molecular weight is 239 g/mol. The molecule has 0 bridgehead atoms. The molecule has 1 saturated heterocycles. The van der Waals surface area contributed by atoms with Crippen molar-refractivity contribution in [1.82, 2.24) is 15.1 Å². The third-order valence-corrected chi connectivity index (χ3v) is 2.68. The lowest BCUT2D eigenvalue weighted by atomic mass is 10.3. The van der Waals surface area contributed by atoms with E-state index in [1.54, 1.807) is 18.9 Å². The standard InChI is InChI=1S/C9H13N5O3/c1-6-8(14(16)17)9(12(2)11-6)13-4-3-10-7(15)5-13/h3-5H2,1-2H3,(H,10,15). The van der Waals surface area contributed by atoms with Crippen LogP contribution in [-0.4, -0.2) is 40.2 Å². The molecular weight excluding hydrogens is 226 g/mol. The summed E-state index contributed by atoms with van der Waals surface area (Å²) in [5.41, 5.74) is 0.334. The average Bonchev–Trinajstić information content (AvgIpc) is 2.53. The number of nitro groups is 1. The van der Waals surface area contributed by atoms with Crippen molar-refractivity contribution in [2.24, 2.45) is 7.05 Å². The number of amides is 1. The third kappa shape index (κ3) is 1.93. The Morgan fingerprint density at radius 2 is 2.24 bits per heavy atom. The first kappa shape index (κ1) is 11.4. The molecule has 1 aromatic heterocycles. The van der Waals surface area contributed by atoms with Gasteiger partial charge in [0.2, 0.25) is 11.7 Å². The second-order valence-corrected chi connectivity index (χ2v) is 3.91. The van der Waals surface area contributed by atoms with Crippen LogP contribution < -0.4 is 10.2 Å². The molecule has 1 aromatic rings. The van der Waals surface area contributed by atoms with Crippen LogP contribution in [0.3, 0.4) is 0 Å². The predicted molar refractivity (Wildman–Crippen MR) is 59.8 cm³/mol. The maximum absolute atomic E-state index is 11.3. The molecule has 0 unspecified atom stereocenters. The van der Waals surface area contributed by atoms with Crippen molar-refractivity contribution in [1.29, 1.82) is 0 Å². The number of nitrogens with zero attached hydrogens (tertiary/aromatic N) is 4. The Labute approximate surface area is 97.3 Å². The fourth-order valence-electron chi connectivity index (χ4n) is 2.02. The van der Waals surface area contributed by atoms with Crippen LogP contribution in [0.2, 0.25) is 0 Å². The van der Waals surface area contributed by atoms with E-state index in [2.05, 4.69) is 10.4 Å². The number of aryl methyl sites for hydroxylation is 2. The van der Waals surface area contributed by atoms with Crippen molar-refractivity contribution in [2.75, 3.05) is 24.5 Å². The van der Waals surface area contributed by atoms with Crippen LogP contribution in [-0.2, 0) is 11.8 Å². The molecule has 1 aliphatic heterocycles. The van der Waals surface area contributed by atoms with E-state index in [4.69, 9.17) is 0 Å². The molecule has 0 spiro atoms. The van der Waals surface area contributed by atoms with Crippen LogP contribution in [0.1, 0.15) is 5.69 Å². The van der Waals surface area contributed by atoms with Crippen LogP contribution in [0.15, 0.2) is 0 Å². The second kappa shape index (κ2) is 4.04. The molecule has 2 heterocycles. The molecule has 0 saturated carbocycles. The second-order valence-electron chi connectivity index (χ2n) is 3.91. The Hall–Kier alpha value is -2.12. The van der Waals surface area contributed by atoms with E-state index in [1.807, 2.05) is 0 Å². The summed E-state index contributed by atoms with van der Waals surface area (Å²) < 4.78 is 1.45. The summed E-state index contributed by atoms with van der Waals surface area (Å²) in [4.78, 5) is 23.5. The third-order valence-electron chi connectivity index (χ3n) is 2.68. The van der Waals surface area contributed by atoms with Gasteiger partial charge in [-0.2, -0.15) is 5.10 Å². The molecule has 1 amide bonds. The maximum atomic E-state index is 11.3. The normalized spacial score (nSPS) is 15.9. The molecule has 8 heteroatoms. The van der Waals surface area contributed by atoms with Crippen molar-refractivity contribution >= 4 is 17.4 Å². The van der Waals surface area contributed by atoms with Crippen molar-refractivity contribution < 1.29 is 9.72 Å². The van der Waals surface area contributed by atoms with Gasteiger partial charge in [0.25, 0.3) is 0 Å². The van der Waals surface area contributed by atoms with Crippen molar-refractivity contribution in [3.05, 3.63) is 15.8 Å². The topological polar surface area (TPSA) is 93.3 Å². The lowest BCUT2D eigenvalue weighted by molar-refractivity contribution is -0.384. The van der Waals surface area contributed by atoms with Gasteiger partial charge in [-0.3, -0.25) is 14.9 Å². The fourth-order valence-corrected chi connectivity index (χ4v) is 2.02. The lowest BCUT2D eigenvalue weighted by Gasteiger charge is -2.27. The number of rotatable bonds is 2. The minimum absolute atomic E-state index is 0.0257. The van der Waals surface area contributed by atoms with Gasteiger partial charge in [-0.1, -0.05) is 0 Å². The number of nitrogens with one attached hydrogen (secondary N) is 1. The van der Waals surface area contributed by atoms with E-state index < -0.39 is 4.92 Å². The molecule has 1 aliphatic rings. The Kier molecular flexibility index (Phi) is 2.70. The van der Waals surface area contributed by atoms with Gasteiger partial charge in [-0.25, -0.2) is 4.68 Å². The monoisotopic (exact) mass is 239 g/mol. The summed E-state index contributed by atoms with van der Waals surface area (Å²) in [6, 6.07) is 0. The Morgan fingerprint density at radius 3 is 2.82 bits per heavy atom. The molecule has 92 valence electrons. The summed E-state index contributed by atoms with van der Waals surface area (Å²) in [7, 11) is 1.64. The first-order valence-electron chi connectivity index (χ1n) is 5.20. The fraction of sp³-hybridized carbons (Fsp3) is 0.556. The number of carbonyl (C=O) groups excluding carboxylic acids is 1. The summed E-state index contributed by atoms with van der Waals surface area (Å²) in [5, 5.41) is 17.7. The van der Waals surface area contributed by atoms with E-state index in [9.17, 15) is 14.9 Å². The number of carbonyl (C=O) groups is 1. The van der Waals surface area contributed by atoms with Crippen LogP contribution in [0.5, 0.6) is 0 Å². The molecule has 0 aliphatic carbocycles. The Bertz CT molecular complexity index is 481. The van der Waals surface area contributed by atoms with E-state index >= 15 is 0 Å². The highest BCUT2D eigenvalue weighted by molar-refractivity contribution is 5.83. The summed E-state index contributed by atoms with van der Waals surface area (Å²) in [6.07, 6.45) is 0. The zero-order chi connectivity index (χ0) is 12.6. The lowest BCUT2D eigenvalue weighted by Crippen LogP contribution is -2.48. The molecule has 1 fully saturated rings. The smallest absolute Gasteiger partial charge is 0.333 e. The maximum Gasteiger partial charge on any atom is 0.333 e. The molecule has 8 nitrogen and oxygen atoms in total. The number of aromatic nitrogens is 2. The minimum atomic E-state index is -0.454. The first-order valence-corrected chi connectivity index (χ1v) is 5.20. The van der Waals surface area contributed by atoms with Gasteiger partial charge < -0.3 is 10.2 Å². The largest absolute Gasteiger partial charge is 0.353 e. The number of hydrogen-bond acceptors (Lipinski definition) is 5. The summed E-state index contributed by atoms with van der Waals surface area (Å²) >= 11 is 0. The first-order chi connectivity index (χ1) is 8.00. The molecule has 1 N–H and O–H groups in total. The predicted octanol–water partition coefficient (Wildman–Crippen LogP) is -0.427. The van der Waals surface area contributed by atoms with Gasteiger partial charge in [0.15, 0.2) is 0 Å².